The van der Waals surface area contributed by atoms with Gasteiger partial charge in [-0.3, -0.25) is 4.79 Å². The highest BCUT2D eigenvalue weighted by Gasteiger charge is 2.15. The number of carbonyl (C=O) groups excluding carboxylic acids is 1. The highest BCUT2D eigenvalue weighted by atomic mass is 79.9. The van der Waals surface area contributed by atoms with Gasteiger partial charge in [-0.1, -0.05) is 22.9 Å². The maximum Gasteiger partial charge on any atom is 0.237 e. The summed E-state index contributed by atoms with van der Waals surface area (Å²) in [6.45, 7) is 2.55. The Balaban J connectivity index is 4.01. The number of hydrogen-bond donors (Lipinski definition) is 0. The fourth-order valence-corrected chi connectivity index (χ4v) is 1.70. The average Bonchev–Trinajstić information content (AvgIpc) is 1.96. The number of rotatable bonds is 5. The van der Waals surface area contributed by atoms with Crippen LogP contribution in [0.3, 0.4) is 0 Å². The number of hydrogen-bond acceptors (Lipinski definition) is 3. The Morgan fingerprint density at radius 3 is 2.36 bits per heavy atom. The van der Waals surface area contributed by atoms with Gasteiger partial charge < -0.3 is 4.90 Å². The molecule has 0 radical (unpaired) electrons. The topological polar surface area (TPSA) is 54.5 Å². The van der Waals surface area contributed by atoms with Gasteiger partial charge in [0.1, 0.15) is 5.75 Å². The first-order valence-electron chi connectivity index (χ1n) is 4.28. The summed E-state index contributed by atoms with van der Waals surface area (Å²) >= 11 is 3.36. The molecule has 0 saturated carbocycles. The zero-order valence-corrected chi connectivity index (χ0v) is 11.1. The second-order valence-corrected chi connectivity index (χ2v) is 7.16. The van der Waals surface area contributed by atoms with Crippen LogP contribution in [0.2, 0.25) is 0 Å². The van der Waals surface area contributed by atoms with Crippen molar-refractivity contribution in [2.24, 2.45) is 0 Å². The summed E-state index contributed by atoms with van der Waals surface area (Å²) in [5.74, 6) is -0.749. The third kappa shape index (κ3) is 7.32. The number of amides is 1. The highest BCUT2D eigenvalue weighted by molar-refractivity contribution is 9.09. The molecule has 0 aromatic rings. The summed E-state index contributed by atoms with van der Waals surface area (Å²) in [5.41, 5.74) is 0. The van der Waals surface area contributed by atoms with Crippen LogP contribution in [0.25, 0.3) is 0 Å². The second-order valence-electron chi connectivity index (χ2n) is 3.45. The van der Waals surface area contributed by atoms with E-state index < -0.39 is 15.6 Å². The quantitative estimate of drug-likeness (QED) is 0.698. The molecule has 1 amide bonds. The number of alkyl halides is 1. The molecule has 0 bridgehead atoms. The molecule has 0 spiro atoms. The molecule has 84 valence electrons. The molecule has 0 fully saturated rings. The smallest absolute Gasteiger partial charge is 0.237 e. The Hall–Kier alpha value is -0.100. The summed E-state index contributed by atoms with van der Waals surface area (Å²) in [4.78, 5) is 13.1. The van der Waals surface area contributed by atoms with Gasteiger partial charge in [-0.25, -0.2) is 8.42 Å². The molecule has 0 rings (SSSR count). The van der Waals surface area contributed by atoms with E-state index in [1.165, 1.54) is 4.90 Å². The van der Waals surface area contributed by atoms with Crippen molar-refractivity contribution in [3.8, 4) is 0 Å². The maximum atomic E-state index is 11.3. The molecule has 0 aliphatic heterocycles. The van der Waals surface area contributed by atoms with Crippen molar-refractivity contribution in [3.05, 3.63) is 0 Å². The maximum absolute atomic E-state index is 11.3. The van der Waals surface area contributed by atoms with Crippen LogP contribution in [0.1, 0.15) is 13.3 Å². The van der Waals surface area contributed by atoms with Crippen molar-refractivity contribution in [1.29, 1.82) is 0 Å². The van der Waals surface area contributed by atoms with Crippen LogP contribution in [0.15, 0.2) is 0 Å². The van der Waals surface area contributed by atoms with E-state index in [0.29, 0.717) is 11.4 Å². The van der Waals surface area contributed by atoms with Crippen LogP contribution >= 0.6 is 15.9 Å². The first-order valence-corrected chi connectivity index (χ1v) is 7.25. The van der Waals surface area contributed by atoms with E-state index in [1.54, 1.807) is 7.05 Å². The van der Waals surface area contributed by atoms with E-state index >= 15 is 0 Å². The van der Waals surface area contributed by atoms with Crippen LogP contribution in [0, 0.1) is 0 Å². The molecule has 0 saturated heterocycles. The fourth-order valence-electron chi connectivity index (χ4n) is 0.831. The number of sulfone groups is 1. The van der Waals surface area contributed by atoms with Crippen molar-refractivity contribution in [2.75, 3.05) is 25.6 Å². The minimum Gasteiger partial charge on any atom is -0.345 e. The monoisotopic (exact) mass is 285 g/mol. The molecule has 0 aromatic carbocycles. The lowest BCUT2D eigenvalue weighted by molar-refractivity contribution is -0.127. The largest absolute Gasteiger partial charge is 0.345 e. The van der Waals surface area contributed by atoms with Crippen LogP contribution < -0.4 is 0 Å². The Bertz CT molecular complexity index is 287. The van der Waals surface area contributed by atoms with Crippen LogP contribution in [0.4, 0.5) is 0 Å². The van der Waals surface area contributed by atoms with Crippen LogP contribution in [0.5, 0.6) is 0 Å². The predicted molar refractivity (Wildman–Crippen MR) is 60.4 cm³/mol. The average molecular weight is 286 g/mol. The van der Waals surface area contributed by atoms with E-state index in [0.717, 1.165) is 12.7 Å². The van der Waals surface area contributed by atoms with Gasteiger partial charge in [-0.05, 0) is 6.42 Å². The SMILES string of the molecule is CC(Br)CCN(C)C(=O)CS(C)(=O)=O. The summed E-state index contributed by atoms with van der Waals surface area (Å²) < 4.78 is 21.7. The van der Waals surface area contributed by atoms with Gasteiger partial charge in [-0.2, -0.15) is 0 Å². The number of nitrogens with zero attached hydrogens (tertiary/aromatic N) is 1. The first kappa shape index (κ1) is 13.9. The van der Waals surface area contributed by atoms with Crippen LogP contribution in [-0.2, 0) is 14.6 Å². The molecule has 6 heteroatoms. The molecule has 0 aliphatic carbocycles. The van der Waals surface area contributed by atoms with Crippen molar-refractivity contribution in [3.63, 3.8) is 0 Å². The minimum atomic E-state index is -3.21. The zero-order valence-electron chi connectivity index (χ0n) is 8.66. The highest BCUT2D eigenvalue weighted by Crippen LogP contribution is 2.04. The molecular weight excluding hydrogens is 270 g/mol. The number of carbonyl (C=O) groups is 1. The number of halogens is 1. The summed E-state index contributed by atoms with van der Waals surface area (Å²) in [6.07, 6.45) is 1.87. The van der Waals surface area contributed by atoms with Crippen molar-refractivity contribution in [2.45, 2.75) is 18.2 Å². The normalized spacial score (nSPS) is 13.7. The summed E-state index contributed by atoms with van der Waals surface area (Å²) in [6, 6.07) is 0. The van der Waals surface area contributed by atoms with E-state index in [1.807, 2.05) is 6.92 Å². The zero-order chi connectivity index (χ0) is 11.4. The standard InChI is InChI=1S/C8H16BrNO3S/c1-7(9)4-5-10(2)8(11)6-14(3,12)13/h7H,4-6H2,1-3H3. The lowest BCUT2D eigenvalue weighted by Gasteiger charge is -2.17. The van der Waals surface area contributed by atoms with E-state index in [9.17, 15) is 13.2 Å². The molecule has 1 atom stereocenters. The van der Waals surface area contributed by atoms with Crippen molar-refractivity contribution < 1.29 is 13.2 Å². The van der Waals surface area contributed by atoms with Crippen molar-refractivity contribution >= 4 is 31.7 Å². The minimum absolute atomic E-state index is 0.330. The van der Waals surface area contributed by atoms with E-state index in [-0.39, 0.29) is 5.91 Å². The molecule has 0 aliphatic rings. The van der Waals surface area contributed by atoms with Gasteiger partial charge in [0.25, 0.3) is 0 Å². The Morgan fingerprint density at radius 1 is 1.50 bits per heavy atom. The first-order chi connectivity index (χ1) is 6.22. The lowest BCUT2D eigenvalue weighted by Crippen LogP contribution is -2.33. The molecular formula is C8H16BrNO3S. The van der Waals surface area contributed by atoms with Gasteiger partial charge in [0.05, 0.1) is 0 Å². The second kappa shape index (κ2) is 5.70. The summed E-state index contributed by atoms with van der Waals surface area (Å²) in [5, 5.41) is 0. The third-order valence-corrected chi connectivity index (χ3v) is 2.90. The van der Waals surface area contributed by atoms with Gasteiger partial charge in [0.15, 0.2) is 9.84 Å². The Labute approximate surface area is 93.7 Å². The van der Waals surface area contributed by atoms with Gasteiger partial charge in [0, 0.05) is 24.7 Å². The Kier molecular flexibility index (Phi) is 5.66. The third-order valence-electron chi connectivity index (χ3n) is 1.67. The fraction of sp³-hybridized carbons (Fsp3) is 0.875. The van der Waals surface area contributed by atoms with Gasteiger partial charge >= 0.3 is 0 Å². The predicted octanol–water partition coefficient (Wildman–Crippen LogP) is 0.663. The van der Waals surface area contributed by atoms with Crippen molar-refractivity contribution in [1.82, 2.24) is 4.90 Å². The summed E-state index contributed by atoms with van der Waals surface area (Å²) in [7, 11) is -1.60. The lowest BCUT2D eigenvalue weighted by atomic mass is 10.3. The molecule has 0 aromatic heterocycles. The molecule has 0 N–H and O–H groups in total. The molecule has 1 unspecified atom stereocenters. The van der Waals surface area contributed by atoms with Gasteiger partial charge in [0.2, 0.25) is 5.91 Å². The van der Waals surface area contributed by atoms with Crippen LogP contribution in [-0.4, -0.2) is 49.7 Å². The molecule has 14 heavy (non-hydrogen) atoms. The van der Waals surface area contributed by atoms with E-state index in [4.69, 9.17) is 0 Å². The molecule has 0 heterocycles. The Morgan fingerprint density at radius 2 is 2.00 bits per heavy atom. The van der Waals surface area contributed by atoms with E-state index in [2.05, 4.69) is 15.9 Å². The molecule has 4 nitrogen and oxygen atoms in total. The van der Waals surface area contributed by atoms with Gasteiger partial charge in [-0.15, -0.1) is 0 Å².